The van der Waals surface area contributed by atoms with Crippen molar-refractivity contribution in [2.45, 2.75) is 57.7 Å². The Morgan fingerprint density at radius 3 is 2.12 bits per heavy atom. The van der Waals surface area contributed by atoms with Gasteiger partial charge in [0.1, 0.15) is 5.60 Å². The maximum absolute atomic E-state index is 11.8. The molecule has 3 rings (SSSR count). The third-order valence-electron chi connectivity index (χ3n) is 5.84. The monoisotopic (exact) mass is 503 g/mol. The number of rotatable bonds is 9. The van der Waals surface area contributed by atoms with Gasteiger partial charge in [-0.3, -0.25) is 0 Å². The first-order valence-electron chi connectivity index (χ1n) is 11.6. The summed E-state index contributed by atoms with van der Waals surface area (Å²) in [6.45, 7) is 7.24. The predicted molar refractivity (Wildman–Crippen MR) is 142 cm³/mol. The van der Waals surface area contributed by atoms with Gasteiger partial charge in [0.2, 0.25) is 0 Å². The van der Waals surface area contributed by atoms with E-state index in [1.807, 2.05) is 50.2 Å². The molecule has 1 aliphatic heterocycles. The Morgan fingerprint density at radius 1 is 1.03 bits per heavy atom. The van der Waals surface area contributed by atoms with Crippen LogP contribution in [0.3, 0.4) is 0 Å². The van der Waals surface area contributed by atoms with Crippen molar-refractivity contribution in [3.8, 4) is 11.2 Å². The van der Waals surface area contributed by atoms with Gasteiger partial charge in [-0.2, -0.15) is 0 Å². The van der Waals surface area contributed by atoms with E-state index in [9.17, 15) is 5.11 Å². The highest BCUT2D eigenvalue weighted by atomic mass is 32.9. The first kappa shape index (κ1) is 26.4. The van der Waals surface area contributed by atoms with Crippen LogP contribution < -0.4 is 5.32 Å². The van der Waals surface area contributed by atoms with E-state index in [0.29, 0.717) is 19.6 Å². The third-order valence-corrected chi connectivity index (χ3v) is 10.1. The largest absolute Gasteiger partial charge is 0.377 e. The minimum Gasteiger partial charge on any atom is -0.377 e. The van der Waals surface area contributed by atoms with Crippen molar-refractivity contribution in [1.29, 1.82) is 0 Å². The van der Waals surface area contributed by atoms with Crippen LogP contribution in [-0.4, -0.2) is 23.9 Å². The summed E-state index contributed by atoms with van der Waals surface area (Å²) in [5.41, 5.74) is -1.47. The fraction of sp³-hybridized carbons (Fsp3) is 0.462. The van der Waals surface area contributed by atoms with Gasteiger partial charge in [-0.25, -0.2) is 0 Å². The lowest BCUT2D eigenvalue weighted by molar-refractivity contribution is -0.0196. The van der Waals surface area contributed by atoms with E-state index < -0.39 is 11.3 Å². The summed E-state index contributed by atoms with van der Waals surface area (Å²) in [5, 5.41) is 18.7. The number of benzene rings is 2. The Balaban J connectivity index is 1.89. The van der Waals surface area contributed by atoms with Crippen molar-refractivity contribution >= 4 is 28.9 Å². The van der Waals surface area contributed by atoms with Crippen LogP contribution in [-0.2, 0) is 20.9 Å². The number of piperidine rings is 1. The van der Waals surface area contributed by atoms with E-state index in [1.165, 1.54) is 11.4 Å². The van der Waals surface area contributed by atoms with E-state index in [2.05, 4.69) is 47.7 Å². The summed E-state index contributed by atoms with van der Waals surface area (Å²) in [5.74, 6) is 3.06. The Hall–Kier alpha value is -1.16. The van der Waals surface area contributed by atoms with E-state index in [4.69, 9.17) is 20.9 Å². The van der Waals surface area contributed by atoms with Gasteiger partial charge in [-0.1, -0.05) is 87.4 Å². The second-order valence-corrected chi connectivity index (χ2v) is 14.3. The maximum Gasteiger partial charge on any atom is 0.259 e. The molecular weight excluding hydrogens is 469 g/mol. The van der Waals surface area contributed by atoms with Crippen molar-refractivity contribution in [2.24, 2.45) is 5.92 Å². The second kappa shape index (κ2) is 12.5. The summed E-state index contributed by atoms with van der Waals surface area (Å²) in [6, 6.07) is 20.5. The van der Waals surface area contributed by atoms with E-state index in [0.717, 1.165) is 24.0 Å². The third kappa shape index (κ3) is 7.16. The molecule has 0 aliphatic carbocycles. The molecule has 0 amide bonds. The Labute approximate surface area is 207 Å². The van der Waals surface area contributed by atoms with Crippen LogP contribution >= 0.6 is 17.1 Å². The molecule has 0 saturated carbocycles. The molecule has 33 heavy (non-hydrogen) atoms. The first-order chi connectivity index (χ1) is 15.9. The average Bonchev–Trinajstić information content (AvgIpc) is 2.84. The molecule has 0 radical (unpaired) electrons. The van der Waals surface area contributed by atoms with Crippen molar-refractivity contribution in [3.63, 3.8) is 0 Å². The minimum absolute atomic E-state index is 0.0207. The van der Waals surface area contributed by atoms with Crippen LogP contribution in [0.5, 0.6) is 0 Å². The van der Waals surface area contributed by atoms with Crippen molar-refractivity contribution < 1.29 is 14.2 Å². The highest BCUT2D eigenvalue weighted by molar-refractivity contribution is 8.69. The maximum atomic E-state index is 11.8. The molecule has 1 saturated heterocycles. The molecule has 2 aromatic rings. The predicted octanol–water partition coefficient (Wildman–Crippen LogP) is 6.60. The quantitative estimate of drug-likeness (QED) is 0.297. The molecule has 0 bridgehead atoms. The van der Waals surface area contributed by atoms with Crippen molar-refractivity contribution in [1.82, 2.24) is 5.32 Å². The highest BCUT2D eigenvalue weighted by Gasteiger charge is 2.45. The van der Waals surface area contributed by atoms with Crippen LogP contribution in [0.25, 0.3) is 0 Å². The lowest BCUT2D eigenvalue weighted by Gasteiger charge is -2.45. The van der Waals surface area contributed by atoms with Gasteiger partial charge >= 0.3 is 0 Å². The molecule has 1 aliphatic rings. The van der Waals surface area contributed by atoms with Crippen LogP contribution in [0.15, 0.2) is 60.7 Å². The van der Waals surface area contributed by atoms with Gasteiger partial charge in [0.15, 0.2) is 0 Å². The normalized spacial score (nSPS) is 25.3. The van der Waals surface area contributed by atoms with Gasteiger partial charge in [0.25, 0.3) is 5.69 Å². The fourth-order valence-electron chi connectivity index (χ4n) is 3.97. The van der Waals surface area contributed by atoms with Crippen molar-refractivity contribution in [3.05, 3.63) is 71.8 Å². The fourth-order valence-corrected chi connectivity index (χ4v) is 7.31. The molecule has 4 atom stereocenters. The molecule has 0 spiro atoms. The van der Waals surface area contributed by atoms with Gasteiger partial charge in [-0.15, -0.1) is 0 Å². The molecule has 0 unspecified atom stereocenters. The Morgan fingerprint density at radius 2 is 1.58 bits per heavy atom. The summed E-state index contributed by atoms with van der Waals surface area (Å²) in [4.78, 5) is 0. The molecule has 2 aromatic carbocycles. The summed E-state index contributed by atoms with van der Waals surface area (Å²) in [6.07, 6.45) is 2.22. The number of nitrogens with one attached hydrogen (secondary N) is 1. The number of aliphatic hydroxyl groups is 1. The zero-order chi connectivity index (χ0) is 23.7. The molecular formula is C26H34NO3PS2. The molecule has 1 heterocycles. The lowest BCUT2D eigenvalue weighted by atomic mass is 9.72. The zero-order valence-electron chi connectivity index (χ0n) is 19.6. The van der Waals surface area contributed by atoms with E-state index in [1.54, 1.807) is 0 Å². The van der Waals surface area contributed by atoms with E-state index in [-0.39, 0.29) is 18.0 Å². The summed E-state index contributed by atoms with van der Waals surface area (Å²) in [7, 11) is 0. The molecule has 2 N–H and O–H groups in total. The first-order valence-corrected chi connectivity index (χ1v) is 15.6. The summed E-state index contributed by atoms with van der Waals surface area (Å²) >= 11 is 6.93. The SMILES string of the molecule is CCCOP(=S)(OCCC)SC#C[C@@]1(O)C[C@H](c2ccccc2)N[C@H](c2ccccc2)[C@H]1C. The van der Waals surface area contributed by atoms with Crippen LogP contribution in [0.4, 0.5) is 0 Å². The molecule has 1 fully saturated rings. The second-order valence-electron chi connectivity index (χ2n) is 8.37. The smallest absolute Gasteiger partial charge is 0.259 e. The number of hydrogen-bond donors (Lipinski definition) is 2. The minimum atomic E-state index is -2.57. The standard InChI is InChI=1S/C26H34NO3PS2/c1-4-17-29-31(32,30-18-5-2)33-19-16-26(28)20-24(22-12-8-6-9-13-22)27-25(21(26)3)23-14-10-7-11-15-23/h6-15,21,24-25,27-28H,4-5,17-18,20H2,1-3H3/t21-,24-,25+,26-/m1/s1. The van der Waals surface area contributed by atoms with E-state index >= 15 is 0 Å². The topological polar surface area (TPSA) is 50.7 Å². The highest BCUT2D eigenvalue weighted by Crippen LogP contribution is 2.61. The van der Waals surface area contributed by atoms with Gasteiger partial charge in [0, 0.05) is 35.8 Å². The molecule has 4 nitrogen and oxygen atoms in total. The summed E-state index contributed by atoms with van der Waals surface area (Å²) < 4.78 is 11.8. The Kier molecular flexibility index (Phi) is 10.0. The molecule has 0 aromatic heterocycles. The van der Waals surface area contributed by atoms with Crippen LogP contribution in [0, 0.1) is 17.1 Å². The van der Waals surface area contributed by atoms with Gasteiger partial charge in [0.05, 0.1) is 13.2 Å². The van der Waals surface area contributed by atoms with Crippen LogP contribution in [0.2, 0.25) is 0 Å². The van der Waals surface area contributed by atoms with Gasteiger partial charge in [-0.05, 0) is 41.0 Å². The average molecular weight is 504 g/mol. The Bertz CT molecular complexity index is 967. The van der Waals surface area contributed by atoms with Crippen molar-refractivity contribution in [2.75, 3.05) is 13.2 Å². The number of hydrogen-bond acceptors (Lipinski definition) is 6. The molecule has 7 heteroatoms. The zero-order valence-corrected chi connectivity index (χ0v) is 22.1. The van der Waals surface area contributed by atoms with Gasteiger partial charge < -0.3 is 19.5 Å². The molecule has 178 valence electrons. The van der Waals surface area contributed by atoms with Crippen LogP contribution in [0.1, 0.15) is 63.2 Å². The lowest BCUT2D eigenvalue weighted by Crippen LogP contribution is -2.51.